The van der Waals surface area contributed by atoms with Crippen molar-refractivity contribution in [1.82, 2.24) is 0 Å². The average Bonchev–Trinajstić information content (AvgIpc) is 3.12. The Morgan fingerprint density at radius 2 is 1.07 bits per heavy atom. The van der Waals surface area contributed by atoms with E-state index in [-0.39, 0.29) is 43.1 Å². The number of hydrogen-bond acceptors (Lipinski definition) is 6. The minimum absolute atomic E-state index is 0.00443. The summed E-state index contributed by atoms with van der Waals surface area (Å²) >= 11 is 0. The van der Waals surface area contributed by atoms with Crippen molar-refractivity contribution >= 4 is 17.9 Å². The van der Waals surface area contributed by atoms with E-state index < -0.39 is 24.1 Å². The van der Waals surface area contributed by atoms with E-state index >= 15 is 0 Å². The van der Waals surface area contributed by atoms with Crippen LogP contribution in [0.1, 0.15) is 123 Å². The number of rotatable bonds is 34. The molecule has 304 valence electrons. The largest absolute Gasteiger partial charge is 0.477 e. The van der Waals surface area contributed by atoms with Crippen LogP contribution in [0.5, 0.6) is 0 Å². The van der Waals surface area contributed by atoms with Gasteiger partial charge in [-0.15, -0.1) is 0 Å². The molecule has 0 aliphatic carbocycles. The first-order valence-electron chi connectivity index (χ1n) is 20.3. The van der Waals surface area contributed by atoms with E-state index in [4.69, 9.17) is 14.2 Å². The predicted molar refractivity (Wildman–Crippen MR) is 224 cm³/mol. The van der Waals surface area contributed by atoms with E-state index in [1.54, 1.807) is 6.08 Å². The predicted octanol–water partition coefficient (Wildman–Crippen LogP) is 10.7. The Balaban J connectivity index is 4.47. The maximum Gasteiger partial charge on any atom is 0.362 e. The highest BCUT2D eigenvalue weighted by atomic mass is 16.6. The molecule has 0 aromatic carbocycles. The Morgan fingerprint density at radius 1 is 0.593 bits per heavy atom. The molecule has 0 aromatic heterocycles. The van der Waals surface area contributed by atoms with Crippen LogP contribution in [0.25, 0.3) is 0 Å². The number of ether oxygens (including phenoxy) is 3. The fourth-order valence-electron chi connectivity index (χ4n) is 5.11. The molecule has 0 radical (unpaired) electrons. The third kappa shape index (κ3) is 34.0. The Bertz CT molecular complexity index is 1200. The second-order valence-corrected chi connectivity index (χ2v) is 14.2. The van der Waals surface area contributed by atoms with Crippen molar-refractivity contribution in [2.45, 2.75) is 135 Å². The molecule has 0 aliphatic rings. The first-order chi connectivity index (χ1) is 26.1. The lowest BCUT2D eigenvalue weighted by Gasteiger charge is -2.31. The summed E-state index contributed by atoms with van der Waals surface area (Å²) < 4.78 is 17.0. The van der Waals surface area contributed by atoms with Crippen LogP contribution in [0.15, 0.2) is 97.2 Å². The lowest BCUT2D eigenvalue weighted by atomic mass is 10.1. The third-order valence-electron chi connectivity index (χ3n) is 8.25. The molecule has 0 spiro atoms. The second kappa shape index (κ2) is 36.2. The van der Waals surface area contributed by atoms with Gasteiger partial charge in [-0.3, -0.25) is 9.59 Å². The summed E-state index contributed by atoms with van der Waals surface area (Å²) in [6.45, 7) is 4.39. The molecule has 2 unspecified atom stereocenters. The zero-order valence-corrected chi connectivity index (χ0v) is 34.4. The van der Waals surface area contributed by atoms with Gasteiger partial charge in [-0.1, -0.05) is 124 Å². The molecule has 0 saturated heterocycles. The first-order valence-corrected chi connectivity index (χ1v) is 20.3. The van der Waals surface area contributed by atoms with Gasteiger partial charge in [0.1, 0.15) is 6.61 Å². The van der Waals surface area contributed by atoms with Crippen molar-refractivity contribution in [3.8, 4) is 0 Å². The number of carboxylic acid groups (broad SMARTS) is 1. The molecule has 0 heterocycles. The van der Waals surface area contributed by atoms with E-state index in [1.807, 2.05) is 33.3 Å². The monoisotopic (exact) mass is 753 g/mol. The number of likely N-dealkylation sites (N-methyl/N-ethyl adjacent to an activating group) is 1. The lowest BCUT2D eigenvalue weighted by Crippen LogP contribution is -2.50. The highest BCUT2D eigenvalue weighted by molar-refractivity contribution is 5.72. The van der Waals surface area contributed by atoms with Gasteiger partial charge >= 0.3 is 17.9 Å². The molecule has 54 heavy (non-hydrogen) atoms. The van der Waals surface area contributed by atoms with Gasteiger partial charge in [0.2, 0.25) is 0 Å². The fourth-order valence-corrected chi connectivity index (χ4v) is 5.11. The SMILES string of the molecule is CC/C=C/C/C=C/C/C=C/CC(=O)OC(COCCC(C(=O)O)[N+](C)(C)C)COC(=O)CCCC/C=C/C/C=C/C/C=C/C/C=C/C/C=C/CCCCC. The van der Waals surface area contributed by atoms with Crippen molar-refractivity contribution in [3.63, 3.8) is 0 Å². The van der Waals surface area contributed by atoms with Gasteiger partial charge in [-0.2, -0.15) is 0 Å². The smallest absolute Gasteiger partial charge is 0.362 e. The van der Waals surface area contributed by atoms with E-state index in [0.29, 0.717) is 12.8 Å². The highest BCUT2D eigenvalue weighted by Crippen LogP contribution is 2.10. The zero-order valence-electron chi connectivity index (χ0n) is 34.4. The molecule has 0 fully saturated rings. The molecular weight excluding hydrogens is 679 g/mol. The van der Waals surface area contributed by atoms with E-state index in [9.17, 15) is 19.5 Å². The van der Waals surface area contributed by atoms with Gasteiger partial charge < -0.3 is 23.8 Å². The number of unbranched alkanes of at least 4 members (excludes halogenated alkanes) is 5. The number of aliphatic carboxylic acids is 1. The van der Waals surface area contributed by atoms with Crippen LogP contribution in [0, 0.1) is 0 Å². The molecule has 0 amide bonds. The van der Waals surface area contributed by atoms with Crippen LogP contribution in [0.4, 0.5) is 0 Å². The van der Waals surface area contributed by atoms with Gasteiger partial charge in [0.05, 0.1) is 40.8 Å². The van der Waals surface area contributed by atoms with Crippen LogP contribution < -0.4 is 0 Å². The van der Waals surface area contributed by atoms with Crippen molar-refractivity contribution in [2.24, 2.45) is 0 Å². The summed E-state index contributed by atoms with van der Waals surface area (Å²) in [6.07, 6.45) is 47.9. The Morgan fingerprint density at radius 3 is 1.56 bits per heavy atom. The molecule has 1 N–H and O–H groups in total. The van der Waals surface area contributed by atoms with Gasteiger partial charge in [-0.05, 0) is 77.0 Å². The summed E-state index contributed by atoms with van der Waals surface area (Å²) in [6, 6.07) is -0.639. The molecule has 0 saturated carbocycles. The van der Waals surface area contributed by atoms with Gasteiger partial charge in [0.25, 0.3) is 0 Å². The van der Waals surface area contributed by atoms with E-state index in [1.165, 1.54) is 25.7 Å². The highest BCUT2D eigenvalue weighted by Gasteiger charge is 2.31. The molecule has 2 atom stereocenters. The van der Waals surface area contributed by atoms with Crippen LogP contribution >= 0.6 is 0 Å². The van der Waals surface area contributed by atoms with Gasteiger partial charge in [-0.25, -0.2) is 4.79 Å². The number of carboxylic acids is 1. The molecule has 0 aromatic rings. The molecule has 8 nitrogen and oxygen atoms in total. The maximum atomic E-state index is 12.5. The van der Waals surface area contributed by atoms with Crippen LogP contribution in [-0.4, -0.2) is 80.6 Å². The quantitative estimate of drug-likeness (QED) is 0.0302. The first kappa shape index (κ1) is 50.2. The van der Waals surface area contributed by atoms with Crippen LogP contribution in [0.2, 0.25) is 0 Å². The number of carbonyl (C=O) groups excluding carboxylic acids is 2. The minimum atomic E-state index is -0.899. The molecule has 0 aliphatic heterocycles. The van der Waals surface area contributed by atoms with Gasteiger partial charge in [0.15, 0.2) is 12.1 Å². The maximum absolute atomic E-state index is 12.5. The summed E-state index contributed by atoms with van der Waals surface area (Å²) in [5.74, 6) is -1.69. The topological polar surface area (TPSA) is 99.1 Å². The average molecular weight is 753 g/mol. The van der Waals surface area contributed by atoms with Crippen molar-refractivity contribution in [2.75, 3.05) is 41.0 Å². The summed E-state index contributed by atoms with van der Waals surface area (Å²) in [4.78, 5) is 36.7. The number of nitrogens with zero attached hydrogens (tertiary/aromatic N) is 1. The normalized spacial score (nSPS) is 14.0. The standard InChI is InChI=1S/C46H73NO7/c1-6-8-10-12-14-16-17-18-19-20-21-22-23-24-25-26-27-29-30-32-34-36-44(48)53-41-42(40-52-39-38-43(46(50)51)47(3,4)5)54-45(49)37-35-33-31-28-15-13-11-9-7-2/h9,11,14-16,18-19,21-22,24-25,27-29,33,35,42-43H,6-8,10,12-13,17,20,23,26,30-32,34,36-41H2,1-5H3/p+1/b11-9+,16-14+,19-18+,22-21+,25-24+,28-15+,29-27+,35-33+. The third-order valence-corrected chi connectivity index (χ3v) is 8.25. The number of allylic oxidation sites excluding steroid dienone is 15. The minimum Gasteiger partial charge on any atom is -0.477 e. The number of esters is 2. The summed E-state index contributed by atoms with van der Waals surface area (Å²) in [5.41, 5.74) is 0. The van der Waals surface area contributed by atoms with Crippen molar-refractivity contribution in [3.05, 3.63) is 97.2 Å². The molecule has 0 rings (SSSR count). The Hall–Kier alpha value is -3.75. The van der Waals surface area contributed by atoms with Crippen molar-refractivity contribution < 1.29 is 38.2 Å². The fraction of sp³-hybridized carbons (Fsp3) is 0.587. The molecule has 0 bridgehead atoms. The van der Waals surface area contributed by atoms with Crippen molar-refractivity contribution in [1.29, 1.82) is 0 Å². The summed E-state index contributed by atoms with van der Waals surface area (Å²) in [7, 11) is 5.46. The lowest BCUT2D eigenvalue weighted by molar-refractivity contribution is -0.887. The molecular formula is C46H74NO7+. The van der Waals surface area contributed by atoms with Gasteiger partial charge in [0, 0.05) is 12.8 Å². The van der Waals surface area contributed by atoms with E-state index in [2.05, 4.69) is 92.8 Å². The van der Waals surface area contributed by atoms with Crippen LogP contribution in [0.3, 0.4) is 0 Å². The number of quaternary nitrogens is 1. The Labute approximate surface area is 328 Å². The number of carbonyl (C=O) groups is 3. The second-order valence-electron chi connectivity index (χ2n) is 14.2. The van der Waals surface area contributed by atoms with E-state index in [0.717, 1.165) is 57.8 Å². The Kier molecular flexibility index (Phi) is 33.7. The number of hydrogen-bond donors (Lipinski definition) is 1. The molecule has 8 heteroatoms. The van der Waals surface area contributed by atoms with Crippen LogP contribution in [-0.2, 0) is 28.6 Å². The summed E-state index contributed by atoms with van der Waals surface area (Å²) in [5, 5.41) is 9.58. The zero-order chi connectivity index (χ0) is 40.0.